The van der Waals surface area contributed by atoms with Crippen LogP contribution in [0.25, 0.3) is 0 Å². The monoisotopic (exact) mass is 459 g/mol. The molecule has 1 heterocycles. The van der Waals surface area contributed by atoms with Gasteiger partial charge >= 0.3 is 6.01 Å². The average molecular weight is 459 g/mol. The normalized spacial score (nSPS) is 13.4. The van der Waals surface area contributed by atoms with Crippen molar-refractivity contribution in [1.82, 2.24) is 15.3 Å². The van der Waals surface area contributed by atoms with E-state index >= 15 is 0 Å². The van der Waals surface area contributed by atoms with Gasteiger partial charge in [-0.15, -0.1) is 0 Å². The highest BCUT2D eigenvalue weighted by Crippen LogP contribution is 2.49. The van der Waals surface area contributed by atoms with Crippen molar-refractivity contribution in [2.24, 2.45) is 5.41 Å². The van der Waals surface area contributed by atoms with Gasteiger partial charge in [-0.3, -0.25) is 9.59 Å². The minimum atomic E-state index is -0.686. The van der Waals surface area contributed by atoms with Crippen LogP contribution in [0.15, 0.2) is 54.9 Å². The molecule has 4 rings (SSSR count). The van der Waals surface area contributed by atoms with Gasteiger partial charge < -0.3 is 15.4 Å². The maximum atomic E-state index is 13.3. The topological polar surface area (TPSA) is 117 Å². The highest BCUT2D eigenvalue weighted by molar-refractivity contribution is 6.00. The van der Waals surface area contributed by atoms with Crippen molar-refractivity contribution in [3.05, 3.63) is 77.4 Å². The number of hydrogen-bond donors (Lipinski definition) is 2. The van der Waals surface area contributed by atoms with E-state index in [4.69, 9.17) is 10.00 Å². The zero-order valence-corrected chi connectivity index (χ0v) is 18.5. The molecule has 1 saturated carbocycles. The fourth-order valence-corrected chi connectivity index (χ4v) is 3.56. The molecule has 0 bridgehead atoms. The molecule has 2 aromatic carbocycles. The summed E-state index contributed by atoms with van der Waals surface area (Å²) in [6.45, 7) is 0.320. The Morgan fingerprint density at radius 3 is 2.47 bits per heavy atom. The maximum absolute atomic E-state index is 13.3. The summed E-state index contributed by atoms with van der Waals surface area (Å²) in [4.78, 5) is 33.3. The summed E-state index contributed by atoms with van der Waals surface area (Å²) in [6, 6.07) is 13.4. The van der Waals surface area contributed by atoms with Gasteiger partial charge in [-0.25, -0.2) is 14.4 Å². The number of carbonyl (C=O) groups excluding carboxylic acids is 2. The summed E-state index contributed by atoms with van der Waals surface area (Å²) < 4.78 is 18.2. The number of nitriles is 1. The molecule has 0 aliphatic heterocycles. The van der Waals surface area contributed by atoms with Crippen molar-refractivity contribution in [1.29, 1.82) is 5.26 Å². The molecule has 0 radical (unpaired) electrons. The molecular weight excluding hydrogens is 437 g/mol. The molecule has 0 atom stereocenters. The second-order valence-electron chi connectivity index (χ2n) is 8.15. The molecule has 8 nitrogen and oxygen atoms in total. The molecule has 1 amide bonds. The van der Waals surface area contributed by atoms with Gasteiger partial charge in [-0.2, -0.15) is 5.26 Å². The first-order valence-electron chi connectivity index (χ1n) is 10.7. The van der Waals surface area contributed by atoms with Gasteiger partial charge in [0.15, 0.2) is 5.78 Å². The Morgan fingerprint density at radius 2 is 1.85 bits per heavy atom. The minimum Gasteiger partial charge on any atom is -0.467 e. The number of ether oxygens (including phenoxy) is 1. The minimum absolute atomic E-state index is 0.107. The van der Waals surface area contributed by atoms with Crippen LogP contribution in [0.2, 0.25) is 0 Å². The van der Waals surface area contributed by atoms with E-state index in [2.05, 4.69) is 20.6 Å². The molecule has 0 saturated heterocycles. The van der Waals surface area contributed by atoms with E-state index in [0.717, 1.165) is 11.3 Å². The number of Topliss-reactive ketones (excluding diaryl/α,β-unsaturated/α-hetero) is 1. The second-order valence-corrected chi connectivity index (χ2v) is 8.15. The molecule has 3 aromatic rings. The van der Waals surface area contributed by atoms with Crippen LogP contribution in [0.4, 0.5) is 15.8 Å². The van der Waals surface area contributed by atoms with E-state index in [-0.39, 0.29) is 29.7 Å². The summed E-state index contributed by atoms with van der Waals surface area (Å²) in [5.41, 5.74) is 1.99. The van der Waals surface area contributed by atoms with Crippen molar-refractivity contribution < 1.29 is 18.7 Å². The standard InChI is InChI=1S/C25H22FN5O3/c1-34-24-29-14-18(15-30-24)22(32)11-25(8-9-25)23(33)28-13-16-2-5-20(6-3-16)31-21-7-4-19(26)10-17(21)12-27/h2-7,10,14-15,31H,8-9,11,13H2,1H3,(H,28,33). The van der Waals surface area contributed by atoms with Gasteiger partial charge in [-0.05, 0) is 48.7 Å². The van der Waals surface area contributed by atoms with Gasteiger partial charge in [0, 0.05) is 31.0 Å². The molecule has 1 aliphatic carbocycles. The van der Waals surface area contributed by atoms with Crippen molar-refractivity contribution in [2.45, 2.75) is 25.8 Å². The number of benzene rings is 2. The number of rotatable bonds is 9. The van der Waals surface area contributed by atoms with Crippen LogP contribution in [0.3, 0.4) is 0 Å². The number of halogens is 1. The zero-order valence-electron chi connectivity index (χ0n) is 18.5. The Balaban J connectivity index is 1.32. The summed E-state index contributed by atoms with van der Waals surface area (Å²) in [6.07, 6.45) is 4.23. The number of ketones is 1. The highest BCUT2D eigenvalue weighted by atomic mass is 19.1. The lowest BCUT2D eigenvalue weighted by Gasteiger charge is -2.15. The molecular formula is C25H22FN5O3. The smallest absolute Gasteiger partial charge is 0.316 e. The van der Waals surface area contributed by atoms with Crippen LogP contribution in [0.5, 0.6) is 6.01 Å². The number of carbonyl (C=O) groups is 2. The lowest BCUT2D eigenvalue weighted by Crippen LogP contribution is -2.33. The van der Waals surface area contributed by atoms with Crippen LogP contribution in [-0.4, -0.2) is 28.8 Å². The summed E-state index contributed by atoms with van der Waals surface area (Å²) in [7, 11) is 1.44. The second kappa shape index (κ2) is 9.67. The quantitative estimate of drug-likeness (QED) is 0.466. The highest BCUT2D eigenvalue weighted by Gasteiger charge is 2.51. The summed E-state index contributed by atoms with van der Waals surface area (Å²) in [5.74, 6) is -0.800. The van der Waals surface area contributed by atoms with E-state index in [1.54, 1.807) is 0 Å². The Kier molecular flexibility index (Phi) is 6.50. The van der Waals surface area contributed by atoms with Gasteiger partial charge in [0.05, 0.1) is 29.3 Å². The van der Waals surface area contributed by atoms with Crippen LogP contribution in [0, 0.1) is 22.6 Å². The molecule has 1 fully saturated rings. The van der Waals surface area contributed by atoms with Gasteiger partial charge in [0.2, 0.25) is 5.91 Å². The third-order valence-corrected chi connectivity index (χ3v) is 5.75. The van der Waals surface area contributed by atoms with Crippen molar-refractivity contribution in [2.75, 3.05) is 12.4 Å². The number of hydrogen-bond acceptors (Lipinski definition) is 7. The number of methoxy groups -OCH3 is 1. The third-order valence-electron chi connectivity index (χ3n) is 5.75. The largest absolute Gasteiger partial charge is 0.467 e. The Labute approximate surface area is 195 Å². The van der Waals surface area contributed by atoms with E-state index in [1.807, 2.05) is 30.3 Å². The number of anilines is 2. The van der Waals surface area contributed by atoms with Crippen LogP contribution in [0.1, 0.15) is 40.7 Å². The molecule has 1 aliphatic rings. The Bertz CT molecular complexity index is 1250. The van der Waals surface area contributed by atoms with Gasteiger partial charge in [-0.1, -0.05) is 12.1 Å². The maximum Gasteiger partial charge on any atom is 0.316 e. The summed E-state index contributed by atoms with van der Waals surface area (Å²) in [5, 5.41) is 15.2. The molecule has 1 aromatic heterocycles. The van der Waals surface area contributed by atoms with Crippen molar-refractivity contribution >= 4 is 23.1 Å². The SMILES string of the molecule is COc1ncc(C(=O)CC2(C(=O)NCc3ccc(Nc4ccc(F)cc4C#N)cc3)CC2)cn1. The number of aromatic nitrogens is 2. The number of nitrogens with zero attached hydrogens (tertiary/aromatic N) is 3. The third kappa shape index (κ3) is 5.18. The van der Waals surface area contributed by atoms with Crippen LogP contribution in [-0.2, 0) is 11.3 Å². The fourth-order valence-electron chi connectivity index (χ4n) is 3.56. The first-order valence-corrected chi connectivity index (χ1v) is 10.7. The van der Waals surface area contributed by atoms with E-state index in [0.29, 0.717) is 30.6 Å². The number of amides is 1. The van der Waals surface area contributed by atoms with Crippen LogP contribution >= 0.6 is 0 Å². The van der Waals surface area contributed by atoms with E-state index in [9.17, 15) is 14.0 Å². The number of nitrogens with one attached hydrogen (secondary N) is 2. The molecule has 2 N–H and O–H groups in total. The van der Waals surface area contributed by atoms with Crippen molar-refractivity contribution in [3.8, 4) is 12.1 Å². The van der Waals surface area contributed by atoms with Crippen molar-refractivity contribution in [3.63, 3.8) is 0 Å². The Morgan fingerprint density at radius 1 is 1.15 bits per heavy atom. The molecule has 172 valence electrons. The predicted octanol–water partition coefficient (Wildman–Crippen LogP) is 3.91. The average Bonchev–Trinajstić information content (AvgIpc) is 3.65. The lowest BCUT2D eigenvalue weighted by molar-refractivity contribution is -0.126. The molecule has 0 spiro atoms. The molecule has 9 heteroatoms. The fraction of sp³-hybridized carbons (Fsp3) is 0.240. The van der Waals surface area contributed by atoms with E-state index in [1.165, 1.54) is 37.7 Å². The van der Waals surface area contributed by atoms with Gasteiger partial charge in [0.25, 0.3) is 0 Å². The Hall–Kier alpha value is -4.32. The molecule has 0 unspecified atom stereocenters. The molecule has 34 heavy (non-hydrogen) atoms. The summed E-state index contributed by atoms with van der Waals surface area (Å²) >= 11 is 0. The first-order chi connectivity index (χ1) is 16.4. The predicted molar refractivity (Wildman–Crippen MR) is 122 cm³/mol. The first kappa shape index (κ1) is 22.9. The van der Waals surface area contributed by atoms with E-state index < -0.39 is 11.2 Å². The van der Waals surface area contributed by atoms with Gasteiger partial charge in [0.1, 0.15) is 11.9 Å². The van der Waals surface area contributed by atoms with Crippen LogP contribution < -0.4 is 15.4 Å². The lowest BCUT2D eigenvalue weighted by atomic mass is 9.95. The zero-order chi connectivity index (χ0) is 24.1.